The molecule has 4 nitrogen and oxygen atoms in total. The van der Waals surface area contributed by atoms with Crippen LogP contribution in [0.3, 0.4) is 0 Å². The molecule has 112 valence electrons. The van der Waals surface area contributed by atoms with Crippen LogP contribution in [-0.4, -0.2) is 16.5 Å². The molecule has 1 N–H and O–H groups in total. The molecule has 0 atom stereocenters. The van der Waals surface area contributed by atoms with Crippen molar-refractivity contribution in [2.24, 2.45) is 5.92 Å². The molecule has 0 aliphatic carbocycles. The molecule has 0 bridgehead atoms. The first-order chi connectivity index (χ1) is 10.0. The second-order valence-electron chi connectivity index (χ2n) is 5.08. The van der Waals surface area contributed by atoms with E-state index in [-0.39, 0.29) is 0 Å². The van der Waals surface area contributed by atoms with E-state index in [1.807, 2.05) is 12.1 Å². The lowest BCUT2D eigenvalue weighted by Crippen LogP contribution is -2.19. The molecule has 0 aliphatic rings. The van der Waals surface area contributed by atoms with Gasteiger partial charge < -0.3 is 10.1 Å². The minimum absolute atomic E-state index is 0.592. The van der Waals surface area contributed by atoms with Crippen molar-refractivity contribution in [3.05, 3.63) is 45.2 Å². The fraction of sp³-hybridized carbons (Fsp3) is 0.333. The quantitative estimate of drug-likeness (QED) is 0.753. The molecule has 0 unspecified atom stereocenters. The highest BCUT2D eigenvalue weighted by Crippen LogP contribution is 2.26. The first kappa shape index (κ1) is 16.4. The zero-order chi connectivity index (χ0) is 15.2. The first-order valence-electron chi connectivity index (χ1n) is 6.68. The van der Waals surface area contributed by atoms with Crippen LogP contribution in [0.2, 0.25) is 0 Å². The predicted molar refractivity (Wildman–Crippen MR) is 90.5 cm³/mol. The summed E-state index contributed by atoms with van der Waals surface area (Å²) in [5, 5.41) is 3.40. The highest BCUT2D eigenvalue weighted by molar-refractivity contribution is 9.10. The highest BCUT2D eigenvalue weighted by Gasteiger charge is 2.08. The second-order valence-corrected chi connectivity index (χ2v) is 6.91. The van der Waals surface area contributed by atoms with Crippen LogP contribution in [0.5, 0.6) is 11.6 Å². The Morgan fingerprint density at radius 3 is 2.62 bits per heavy atom. The SMILES string of the molecule is CC(C)CNCc1cc(Br)cnc1Oc1cncc(Br)c1. The third-order valence-electron chi connectivity index (χ3n) is 2.65. The predicted octanol–water partition coefficient (Wildman–Crippen LogP) is 4.54. The van der Waals surface area contributed by atoms with Gasteiger partial charge in [-0.1, -0.05) is 13.8 Å². The molecule has 0 radical (unpaired) electrons. The molecule has 2 aromatic heterocycles. The van der Waals surface area contributed by atoms with Gasteiger partial charge in [-0.2, -0.15) is 0 Å². The Labute approximate surface area is 141 Å². The molecular formula is C15H17Br2N3O. The van der Waals surface area contributed by atoms with Crippen LogP contribution in [0.15, 0.2) is 39.7 Å². The number of rotatable bonds is 6. The number of halogens is 2. The molecule has 0 amide bonds. The summed E-state index contributed by atoms with van der Waals surface area (Å²) in [5.74, 6) is 1.85. The fourth-order valence-corrected chi connectivity index (χ4v) is 2.47. The molecule has 0 fully saturated rings. The topological polar surface area (TPSA) is 47.0 Å². The van der Waals surface area contributed by atoms with E-state index in [2.05, 4.69) is 61.0 Å². The average molecular weight is 415 g/mol. The number of aromatic nitrogens is 2. The van der Waals surface area contributed by atoms with Gasteiger partial charge in [0.2, 0.25) is 5.88 Å². The Kier molecular flexibility index (Phi) is 6.14. The molecule has 0 aliphatic heterocycles. The lowest BCUT2D eigenvalue weighted by atomic mass is 10.2. The summed E-state index contributed by atoms with van der Waals surface area (Å²) < 4.78 is 7.64. The maximum atomic E-state index is 5.84. The van der Waals surface area contributed by atoms with Gasteiger partial charge in [0.1, 0.15) is 5.75 Å². The molecular weight excluding hydrogens is 398 g/mol. The number of ether oxygens (including phenoxy) is 1. The lowest BCUT2D eigenvalue weighted by molar-refractivity contribution is 0.447. The lowest BCUT2D eigenvalue weighted by Gasteiger charge is -2.12. The zero-order valence-electron chi connectivity index (χ0n) is 11.9. The molecule has 0 saturated heterocycles. The van der Waals surface area contributed by atoms with Crippen molar-refractivity contribution in [2.45, 2.75) is 20.4 Å². The van der Waals surface area contributed by atoms with Gasteiger partial charge in [-0.25, -0.2) is 4.98 Å². The summed E-state index contributed by atoms with van der Waals surface area (Å²) in [5.41, 5.74) is 1.00. The Balaban J connectivity index is 2.14. The minimum Gasteiger partial charge on any atom is -0.437 e. The molecule has 2 aromatic rings. The molecule has 0 aromatic carbocycles. The third kappa shape index (κ3) is 5.37. The normalized spacial score (nSPS) is 10.9. The van der Waals surface area contributed by atoms with Crippen molar-refractivity contribution >= 4 is 31.9 Å². The molecule has 0 saturated carbocycles. The number of nitrogens with one attached hydrogen (secondary N) is 1. The van der Waals surface area contributed by atoms with Gasteiger partial charge in [-0.15, -0.1) is 0 Å². The van der Waals surface area contributed by atoms with Gasteiger partial charge >= 0.3 is 0 Å². The van der Waals surface area contributed by atoms with Gasteiger partial charge in [0.15, 0.2) is 0 Å². The zero-order valence-corrected chi connectivity index (χ0v) is 15.1. The summed E-state index contributed by atoms with van der Waals surface area (Å²) in [7, 11) is 0. The van der Waals surface area contributed by atoms with Gasteiger partial charge in [0.05, 0.1) is 6.20 Å². The number of pyridine rings is 2. The van der Waals surface area contributed by atoms with Crippen LogP contribution in [0, 0.1) is 5.92 Å². The third-order valence-corrected chi connectivity index (χ3v) is 3.52. The van der Waals surface area contributed by atoms with E-state index in [0.29, 0.717) is 24.1 Å². The molecule has 2 heterocycles. The van der Waals surface area contributed by atoms with Crippen molar-refractivity contribution in [3.63, 3.8) is 0 Å². The van der Waals surface area contributed by atoms with Crippen LogP contribution in [-0.2, 0) is 6.54 Å². The second kappa shape index (κ2) is 7.87. The standard InChI is InChI=1S/C15H17Br2N3O/c1-10(2)5-18-6-11-3-12(16)8-20-15(11)21-14-4-13(17)7-19-9-14/h3-4,7-10,18H,5-6H2,1-2H3. The highest BCUT2D eigenvalue weighted by atomic mass is 79.9. The van der Waals surface area contributed by atoms with Crippen LogP contribution >= 0.6 is 31.9 Å². The van der Waals surface area contributed by atoms with Crippen molar-refractivity contribution in [2.75, 3.05) is 6.54 Å². The van der Waals surface area contributed by atoms with Crippen LogP contribution < -0.4 is 10.1 Å². The Bertz CT molecular complexity index is 605. The van der Waals surface area contributed by atoms with Crippen LogP contribution in [0.25, 0.3) is 0 Å². The Morgan fingerprint density at radius 2 is 1.90 bits per heavy atom. The average Bonchev–Trinajstić information content (AvgIpc) is 2.41. The van der Waals surface area contributed by atoms with Crippen molar-refractivity contribution in [1.82, 2.24) is 15.3 Å². The summed E-state index contributed by atoms with van der Waals surface area (Å²) in [6, 6.07) is 3.88. The molecule has 21 heavy (non-hydrogen) atoms. The van der Waals surface area contributed by atoms with Crippen LogP contribution in [0.1, 0.15) is 19.4 Å². The summed E-state index contributed by atoms with van der Waals surface area (Å²) in [6.07, 6.45) is 5.11. The maximum Gasteiger partial charge on any atom is 0.223 e. The van der Waals surface area contributed by atoms with Gasteiger partial charge in [0.25, 0.3) is 0 Å². The summed E-state index contributed by atoms with van der Waals surface area (Å²) in [4.78, 5) is 8.44. The van der Waals surface area contributed by atoms with Gasteiger partial charge in [0, 0.05) is 33.4 Å². The number of nitrogens with zero attached hydrogens (tertiary/aromatic N) is 2. The van der Waals surface area contributed by atoms with Gasteiger partial charge in [-0.3, -0.25) is 4.98 Å². The van der Waals surface area contributed by atoms with E-state index >= 15 is 0 Å². The molecule has 2 rings (SSSR count). The molecule has 0 spiro atoms. The van der Waals surface area contributed by atoms with E-state index in [0.717, 1.165) is 21.1 Å². The number of hydrogen-bond acceptors (Lipinski definition) is 4. The van der Waals surface area contributed by atoms with Crippen molar-refractivity contribution in [3.8, 4) is 11.6 Å². The largest absolute Gasteiger partial charge is 0.437 e. The Morgan fingerprint density at radius 1 is 1.14 bits per heavy atom. The summed E-state index contributed by atoms with van der Waals surface area (Å²) in [6.45, 7) is 6.01. The minimum atomic E-state index is 0.592. The van der Waals surface area contributed by atoms with Crippen molar-refractivity contribution in [1.29, 1.82) is 0 Å². The van der Waals surface area contributed by atoms with Crippen molar-refractivity contribution < 1.29 is 4.74 Å². The van der Waals surface area contributed by atoms with E-state index in [4.69, 9.17) is 4.74 Å². The monoisotopic (exact) mass is 413 g/mol. The maximum absolute atomic E-state index is 5.84. The first-order valence-corrected chi connectivity index (χ1v) is 8.26. The molecule has 6 heteroatoms. The summed E-state index contributed by atoms with van der Waals surface area (Å²) >= 11 is 6.83. The van der Waals surface area contributed by atoms with Gasteiger partial charge in [-0.05, 0) is 56.5 Å². The van der Waals surface area contributed by atoms with Crippen LogP contribution in [0.4, 0.5) is 0 Å². The van der Waals surface area contributed by atoms with E-state index in [1.54, 1.807) is 18.6 Å². The Hall–Kier alpha value is -0.980. The smallest absolute Gasteiger partial charge is 0.223 e. The fourth-order valence-electron chi connectivity index (χ4n) is 1.74. The van der Waals surface area contributed by atoms with E-state index < -0.39 is 0 Å². The van der Waals surface area contributed by atoms with E-state index in [1.165, 1.54) is 0 Å². The number of hydrogen-bond donors (Lipinski definition) is 1. The van der Waals surface area contributed by atoms with E-state index in [9.17, 15) is 0 Å².